The summed E-state index contributed by atoms with van der Waals surface area (Å²) in [6.45, 7) is 2.69. The lowest BCUT2D eigenvalue weighted by molar-refractivity contribution is -0.0302. The zero-order chi connectivity index (χ0) is 23.7. The van der Waals surface area contributed by atoms with Gasteiger partial charge in [0.1, 0.15) is 11.9 Å². The van der Waals surface area contributed by atoms with Crippen molar-refractivity contribution in [2.24, 2.45) is 5.92 Å². The Labute approximate surface area is 208 Å². The number of carbonyl (C=O) groups is 1. The average molecular weight is 530 g/mol. The summed E-state index contributed by atoms with van der Waals surface area (Å²) < 4.78 is 12.5. The number of rotatable bonds is 5. The zero-order valence-electron chi connectivity index (χ0n) is 19.6. The normalized spacial score (nSPS) is 24.9. The first kappa shape index (κ1) is 23.6. The summed E-state index contributed by atoms with van der Waals surface area (Å²) in [5.74, 6) is 1.12. The molecule has 4 heterocycles. The Morgan fingerprint density at radius 1 is 1.21 bits per heavy atom. The van der Waals surface area contributed by atoms with Crippen molar-refractivity contribution < 1.29 is 13.9 Å². The second kappa shape index (κ2) is 10.2. The lowest BCUT2D eigenvalue weighted by Gasteiger charge is -2.33. The maximum atomic E-state index is 13.4. The summed E-state index contributed by atoms with van der Waals surface area (Å²) in [5.41, 5.74) is 0.563. The average Bonchev–Trinajstić information content (AvgIpc) is 3.53. The molecule has 2 aliphatic heterocycles. The van der Waals surface area contributed by atoms with Crippen molar-refractivity contribution in [3.05, 3.63) is 22.0 Å². The van der Waals surface area contributed by atoms with Gasteiger partial charge in [0.15, 0.2) is 11.3 Å². The molecular formula is C25H32BrN5O3. The Hall–Kier alpha value is -2.15. The smallest absolute Gasteiger partial charge is 0.274 e. The summed E-state index contributed by atoms with van der Waals surface area (Å²) in [6, 6.07) is 4.03. The number of hydrogen-bond donors (Lipinski definition) is 2. The van der Waals surface area contributed by atoms with Gasteiger partial charge in [0.2, 0.25) is 5.76 Å². The Morgan fingerprint density at radius 3 is 2.71 bits per heavy atom. The van der Waals surface area contributed by atoms with E-state index in [9.17, 15) is 10.1 Å². The molecule has 8 nitrogen and oxygen atoms in total. The third-order valence-corrected chi connectivity index (χ3v) is 8.38. The summed E-state index contributed by atoms with van der Waals surface area (Å²) in [5, 5.41) is 16.8. The number of carbonyl (C=O) groups excluding carboxylic acids is 1. The van der Waals surface area contributed by atoms with Gasteiger partial charge in [-0.25, -0.2) is 4.98 Å². The fourth-order valence-corrected chi connectivity index (χ4v) is 6.09. The Bertz CT molecular complexity index is 1080. The number of likely N-dealkylation sites (tertiary alicyclic amines) is 1. The van der Waals surface area contributed by atoms with Crippen LogP contribution in [-0.4, -0.2) is 60.7 Å². The summed E-state index contributed by atoms with van der Waals surface area (Å²) in [4.78, 5) is 20.5. The molecule has 34 heavy (non-hydrogen) atoms. The van der Waals surface area contributed by atoms with Gasteiger partial charge in [-0.2, -0.15) is 5.26 Å². The molecule has 182 valence electrons. The van der Waals surface area contributed by atoms with Crippen LogP contribution in [-0.2, 0) is 4.74 Å². The van der Waals surface area contributed by atoms with E-state index in [-0.39, 0.29) is 35.5 Å². The van der Waals surface area contributed by atoms with Gasteiger partial charge in [-0.1, -0.05) is 12.8 Å². The predicted molar refractivity (Wildman–Crippen MR) is 133 cm³/mol. The second-order valence-electron chi connectivity index (χ2n) is 9.96. The van der Waals surface area contributed by atoms with Crippen LogP contribution >= 0.6 is 15.9 Å². The van der Waals surface area contributed by atoms with E-state index in [4.69, 9.17) is 14.1 Å². The number of nitrogens with zero attached hydrogens (tertiary/aromatic N) is 3. The lowest BCUT2D eigenvalue weighted by atomic mass is 9.91. The summed E-state index contributed by atoms with van der Waals surface area (Å²) in [6.07, 6.45) is 8.83. The molecule has 1 aliphatic carbocycles. The van der Waals surface area contributed by atoms with Crippen LogP contribution in [0, 0.1) is 17.2 Å². The monoisotopic (exact) mass is 529 g/mol. The summed E-state index contributed by atoms with van der Waals surface area (Å²) >= 11 is 3.64. The molecule has 1 amide bonds. The van der Waals surface area contributed by atoms with Gasteiger partial charge < -0.3 is 24.7 Å². The quantitative estimate of drug-likeness (QED) is 0.589. The van der Waals surface area contributed by atoms with Gasteiger partial charge in [-0.3, -0.25) is 4.79 Å². The first-order valence-electron chi connectivity index (χ1n) is 12.4. The molecule has 0 spiro atoms. The Balaban J connectivity index is 1.38. The number of nitriles is 1. The molecule has 3 aliphatic rings. The third kappa shape index (κ3) is 4.95. The van der Waals surface area contributed by atoms with Crippen molar-refractivity contribution in [1.29, 1.82) is 5.26 Å². The molecule has 1 saturated carbocycles. The number of anilines is 1. The molecule has 2 saturated heterocycles. The second-order valence-corrected chi connectivity index (χ2v) is 10.8. The van der Waals surface area contributed by atoms with Gasteiger partial charge in [0, 0.05) is 30.1 Å². The van der Waals surface area contributed by atoms with Crippen LogP contribution in [0.1, 0.15) is 67.6 Å². The van der Waals surface area contributed by atoms with Crippen molar-refractivity contribution in [1.82, 2.24) is 15.2 Å². The molecule has 0 radical (unpaired) electrons. The highest BCUT2D eigenvalue weighted by Crippen LogP contribution is 2.36. The number of halogens is 1. The van der Waals surface area contributed by atoms with Crippen LogP contribution in [0.25, 0.3) is 11.0 Å². The lowest BCUT2D eigenvalue weighted by Crippen LogP contribution is -2.44. The third-order valence-electron chi connectivity index (χ3n) is 7.58. The molecule has 2 aromatic rings. The van der Waals surface area contributed by atoms with E-state index in [1.54, 1.807) is 6.07 Å². The van der Waals surface area contributed by atoms with Crippen LogP contribution in [0.15, 0.2) is 15.0 Å². The van der Waals surface area contributed by atoms with Crippen molar-refractivity contribution in [3.8, 4) is 6.07 Å². The number of ether oxygens (including phenoxy) is 1. The minimum Gasteiger partial charge on any atom is -0.443 e. The van der Waals surface area contributed by atoms with Crippen molar-refractivity contribution in [3.63, 3.8) is 0 Å². The molecule has 3 fully saturated rings. The number of pyridine rings is 1. The van der Waals surface area contributed by atoms with Gasteiger partial charge in [0.25, 0.3) is 5.91 Å². The van der Waals surface area contributed by atoms with Crippen LogP contribution < -0.4 is 10.6 Å². The van der Waals surface area contributed by atoms with E-state index in [0.717, 1.165) is 43.2 Å². The van der Waals surface area contributed by atoms with Crippen LogP contribution in [0.5, 0.6) is 0 Å². The van der Waals surface area contributed by atoms with E-state index in [1.807, 2.05) is 6.07 Å². The maximum Gasteiger partial charge on any atom is 0.274 e. The minimum absolute atomic E-state index is 0.0445. The van der Waals surface area contributed by atoms with E-state index < -0.39 is 0 Å². The first-order chi connectivity index (χ1) is 16.5. The molecule has 2 N–H and O–H groups in total. The van der Waals surface area contributed by atoms with Crippen molar-refractivity contribution >= 4 is 38.6 Å². The van der Waals surface area contributed by atoms with E-state index >= 15 is 0 Å². The highest BCUT2D eigenvalue weighted by Gasteiger charge is 2.33. The minimum atomic E-state index is -0.264. The largest absolute Gasteiger partial charge is 0.443 e. The molecule has 9 heteroatoms. The van der Waals surface area contributed by atoms with Gasteiger partial charge >= 0.3 is 0 Å². The standard InChI is InChI=1S/C25H32BrN5O3/c1-31-9-6-16(7-10-31)28-24-21(26)19-13-18(14-27)34-23(19)22(30-24)25(32)29-17-8-11-33-20(12-17)15-4-2-3-5-15/h13,15-17,20H,2-12H2,1H3,(H,28,30)(H,29,32)/t17-,20-/m1/s1. The number of piperidine rings is 1. The fourth-order valence-electron chi connectivity index (χ4n) is 5.59. The van der Waals surface area contributed by atoms with Gasteiger partial charge in [0.05, 0.1) is 10.6 Å². The Kier molecular flexibility index (Phi) is 7.09. The van der Waals surface area contributed by atoms with Crippen LogP contribution in [0.2, 0.25) is 0 Å². The number of hydrogen-bond acceptors (Lipinski definition) is 7. The number of nitrogens with one attached hydrogen (secondary N) is 2. The highest BCUT2D eigenvalue weighted by molar-refractivity contribution is 9.10. The molecule has 0 unspecified atom stereocenters. The topological polar surface area (TPSA) is 103 Å². The van der Waals surface area contributed by atoms with Crippen LogP contribution in [0.4, 0.5) is 5.82 Å². The first-order valence-corrected chi connectivity index (χ1v) is 13.2. The van der Waals surface area contributed by atoms with E-state index in [2.05, 4.69) is 38.5 Å². The van der Waals surface area contributed by atoms with Gasteiger partial charge in [-0.05, 0) is 80.5 Å². The zero-order valence-corrected chi connectivity index (χ0v) is 21.2. The molecule has 2 aromatic heterocycles. The van der Waals surface area contributed by atoms with E-state index in [0.29, 0.717) is 29.3 Å². The number of amides is 1. The highest BCUT2D eigenvalue weighted by atomic mass is 79.9. The molecule has 0 bridgehead atoms. The van der Waals surface area contributed by atoms with Crippen molar-refractivity contribution in [2.75, 3.05) is 32.1 Å². The molecule has 5 rings (SSSR count). The van der Waals surface area contributed by atoms with Crippen molar-refractivity contribution in [2.45, 2.75) is 69.6 Å². The Morgan fingerprint density at radius 2 is 1.97 bits per heavy atom. The van der Waals surface area contributed by atoms with Crippen LogP contribution in [0.3, 0.4) is 0 Å². The fraction of sp³-hybridized carbons (Fsp3) is 0.640. The predicted octanol–water partition coefficient (Wildman–Crippen LogP) is 4.44. The van der Waals surface area contributed by atoms with E-state index in [1.165, 1.54) is 25.7 Å². The number of aromatic nitrogens is 1. The number of fused-ring (bicyclic) bond motifs is 1. The summed E-state index contributed by atoms with van der Waals surface area (Å²) in [7, 11) is 2.13. The molecular weight excluding hydrogens is 498 g/mol. The van der Waals surface area contributed by atoms with Gasteiger partial charge in [-0.15, -0.1) is 0 Å². The number of furan rings is 1. The maximum absolute atomic E-state index is 13.4. The molecule has 0 aromatic carbocycles. The SMILES string of the molecule is CN1CCC(Nc2nc(C(=O)N[C@@H]3CCO[C@@H](C4CCCC4)C3)c3oc(C#N)cc3c2Br)CC1. The molecule has 2 atom stereocenters.